The Bertz CT molecular complexity index is 1340. The molecule has 4 heterocycles. The van der Waals surface area contributed by atoms with E-state index in [9.17, 15) is 49.2 Å². The molecule has 2 aromatic heterocycles. The minimum Gasteiger partial charge on any atom is -0.394 e. The van der Waals surface area contributed by atoms with E-state index in [2.05, 4.69) is 28.3 Å². The van der Waals surface area contributed by atoms with Crippen LogP contribution in [-0.2, 0) is 32.0 Å². The number of fused-ring (bicyclic) bond motifs is 1. The summed E-state index contributed by atoms with van der Waals surface area (Å²) in [6.07, 6.45) is -15.0. The molecule has 11 atom stereocenters. The van der Waals surface area contributed by atoms with Gasteiger partial charge in [0.2, 0.25) is 5.95 Å². The number of H-pyrrole nitrogens is 1. The summed E-state index contributed by atoms with van der Waals surface area (Å²) in [7, 11) is -11.1. The van der Waals surface area contributed by atoms with Crippen LogP contribution in [0.3, 0.4) is 0 Å². The Morgan fingerprint density at radius 1 is 1.00 bits per heavy atom. The Morgan fingerprint density at radius 2 is 1.67 bits per heavy atom. The Labute approximate surface area is 216 Å². The average molecular weight is 605 g/mol. The predicted molar refractivity (Wildman–Crippen MR) is 120 cm³/mol. The second-order valence-corrected chi connectivity index (χ2v) is 11.4. The van der Waals surface area contributed by atoms with Gasteiger partial charge >= 0.3 is 15.6 Å². The van der Waals surface area contributed by atoms with Crippen molar-refractivity contribution in [1.29, 1.82) is 0 Å². The molecule has 0 aromatic carbocycles. The molecule has 0 spiro atoms. The van der Waals surface area contributed by atoms with Gasteiger partial charge in [-0.1, -0.05) is 0 Å². The number of phosphoric ester groups is 2. The van der Waals surface area contributed by atoms with Crippen molar-refractivity contribution in [2.24, 2.45) is 0 Å². The lowest BCUT2D eigenvalue weighted by Crippen LogP contribution is -2.58. The number of nitrogens with two attached hydrogens (primary N) is 1. The first-order valence-electron chi connectivity index (χ1n) is 10.9. The number of nitrogens with zero attached hydrogens (tertiary/aromatic N) is 3. The zero-order chi connectivity index (χ0) is 28.9. The monoisotopic (exact) mass is 605 g/mol. The lowest BCUT2D eigenvalue weighted by atomic mass is 10.00. The van der Waals surface area contributed by atoms with Crippen LogP contribution < -0.4 is 11.3 Å². The zero-order valence-corrected chi connectivity index (χ0v) is 21.1. The van der Waals surface area contributed by atoms with Crippen LogP contribution in [0, 0.1) is 0 Å². The van der Waals surface area contributed by atoms with Gasteiger partial charge in [-0.05, 0) is 0 Å². The molecule has 220 valence electrons. The standard InChI is InChI=1S/C16H25N5O16P2/c17-16-19-12-6(13(28)20-16)18-3-21(12)14-10(26)8(24)5(34-14)2-33-38(29,30)37-39(31,32)36-15-11(27)9(25)7(23)4(1-22)35-15/h3-5,7-11,14-15,22-27H,1-2H2,(H,29,30)(H,31,32)(H3,17,19,20,28)/t4-,5-,7+,8+,9+,10+,11-,14-,15+/m0/s1. The minimum atomic E-state index is -5.60. The van der Waals surface area contributed by atoms with Gasteiger partial charge in [0.25, 0.3) is 5.56 Å². The van der Waals surface area contributed by atoms with E-state index in [1.807, 2.05) is 0 Å². The van der Waals surface area contributed by atoms with E-state index in [0.717, 1.165) is 10.9 Å². The molecule has 0 bridgehead atoms. The lowest BCUT2D eigenvalue weighted by Gasteiger charge is -2.39. The van der Waals surface area contributed by atoms with Gasteiger partial charge in [0.05, 0.1) is 19.5 Å². The minimum absolute atomic E-state index is 0.114. The number of ether oxygens (including phenoxy) is 2. The third-order valence-corrected chi connectivity index (χ3v) is 8.36. The maximum Gasteiger partial charge on any atom is 0.483 e. The van der Waals surface area contributed by atoms with Crippen LogP contribution in [0.1, 0.15) is 6.23 Å². The Kier molecular flexibility index (Phi) is 8.60. The van der Waals surface area contributed by atoms with Crippen molar-refractivity contribution in [3.63, 3.8) is 0 Å². The summed E-state index contributed by atoms with van der Waals surface area (Å²) in [6.45, 7) is -1.89. The highest BCUT2D eigenvalue weighted by Gasteiger charge is 2.49. The van der Waals surface area contributed by atoms with Gasteiger partial charge in [-0.3, -0.25) is 23.4 Å². The van der Waals surface area contributed by atoms with Crippen LogP contribution in [0.15, 0.2) is 11.1 Å². The van der Waals surface area contributed by atoms with Gasteiger partial charge in [0, 0.05) is 0 Å². The van der Waals surface area contributed by atoms with E-state index in [-0.39, 0.29) is 17.1 Å². The number of aliphatic hydroxyl groups is 6. The normalized spacial score (nSPS) is 36.6. The number of nitrogens with one attached hydrogen (secondary N) is 1. The molecule has 11 N–H and O–H groups in total. The summed E-state index contributed by atoms with van der Waals surface area (Å²) in [5.41, 5.74) is 4.54. The summed E-state index contributed by atoms with van der Waals surface area (Å²) in [6, 6.07) is 0. The molecule has 2 saturated heterocycles. The SMILES string of the molecule is Nc1nc2c(ncn2[C@H]2O[C@@H](COP(=O)(O)OP(=O)(O)O[C@H]3O[C@@H](CO)[C@@H](O)[C@@H](O)[C@@H]3O)[C@@H](O)[C@H]2O)c(=O)[nH]1. The number of rotatable bonds is 9. The summed E-state index contributed by atoms with van der Waals surface area (Å²) in [4.78, 5) is 41.7. The molecule has 2 aromatic rings. The molecule has 2 aliphatic rings. The highest BCUT2D eigenvalue weighted by atomic mass is 31.3. The van der Waals surface area contributed by atoms with Crippen molar-refractivity contribution < 1.29 is 72.4 Å². The van der Waals surface area contributed by atoms with Crippen molar-refractivity contribution >= 4 is 32.8 Å². The number of anilines is 1. The van der Waals surface area contributed by atoms with Crippen molar-refractivity contribution in [2.45, 2.75) is 55.2 Å². The van der Waals surface area contributed by atoms with Gasteiger partial charge in [0.1, 0.15) is 42.7 Å². The number of aromatic amines is 1. The van der Waals surface area contributed by atoms with E-state index < -0.39 is 89.7 Å². The topological polar surface area (TPSA) is 332 Å². The fourth-order valence-electron chi connectivity index (χ4n) is 3.85. The number of aliphatic hydroxyl groups excluding tert-OH is 6. The predicted octanol–water partition coefficient (Wildman–Crippen LogP) is -4.63. The quantitative estimate of drug-likeness (QED) is 0.120. The van der Waals surface area contributed by atoms with Crippen molar-refractivity contribution in [3.8, 4) is 0 Å². The number of aromatic nitrogens is 4. The van der Waals surface area contributed by atoms with Crippen molar-refractivity contribution in [3.05, 3.63) is 16.7 Å². The van der Waals surface area contributed by atoms with Crippen LogP contribution in [0.25, 0.3) is 11.2 Å². The van der Waals surface area contributed by atoms with E-state index in [1.165, 1.54) is 0 Å². The van der Waals surface area contributed by atoms with Crippen LogP contribution >= 0.6 is 15.6 Å². The van der Waals surface area contributed by atoms with Gasteiger partial charge in [-0.25, -0.2) is 14.1 Å². The Morgan fingerprint density at radius 3 is 2.33 bits per heavy atom. The largest absolute Gasteiger partial charge is 0.483 e. The molecule has 21 nitrogen and oxygen atoms in total. The number of nitrogen functional groups attached to an aromatic ring is 1. The van der Waals surface area contributed by atoms with Crippen LogP contribution in [-0.4, -0.2) is 122 Å². The average Bonchev–Trinajstić information content (AvgIpc) is 3.38. The molecule has 0 radical (unpaired) electrons. The fraction of sp³-hybridized carbons (Fsp3) is 0.688. The maximum absolute atomic E-state index is 12.3. The first-order chi connectivity index (χ1) is 18.1. The molecule has 23 heteroatoms. The highest BCUT2D eigenvalue weighted by molar-refractivity contribution is 7.61. The molecule has 4 rings (SSSR count). The first-order valence-corrected chi connectivity index (χ1v) is 13.9. The second kappa shape index (κ2) is 11.2. The molecular formula is C16H25N5O16P2. The van der Waals surface area contributed by atoms with Crippen LogP contribution in [0.2, 0.25) is 0 Å². The highest BCUT2D eigenvalue weighted by Crippen LogP contribution is 2.61. The molecule has 0 amide bonds. The Balaban J connectivity index is 1.39. The van der Waals surface area contributed by atoms with Gasteiger partial charge in [0.15, 0.2) is 23.7 Å². The summed E-state index contributed by atoms with van der Waals surface area (Å²) < 4.78 is 49.1. The van der Waals surface area contributed by atoms with E-state index >= 15 is 0 Å². The first kappa shape index (κ1) is 30.1. The number of imidazole rings is 1. The molecule has 0 aliphatic carbocycles. The summed E-state index contributed by atoms with van der Waals surface area (Å²) in [5, 5.41) is 59.2. The second-order valence-electron chi connectivity index (χ2n) is 8.44. The number of hydrogen-bond donors (Lipinski definition) is 10. The number of phosphoric acid groups is 2. The van der Waals surface area contributed by atoms with Gasteiger partial charge < -0.3 is 55.6 Å². The lowest BCUT2D eigenvalue weighted by molar-refractivity contribution is -0.280. The molecule has 2 fully saturated rings. The maximum atomic E-state index is 12.3. The van der Waals surface area contributed by atoms with Crippen LogP contribution in [0.4, 0.5) is 5.95 Å². The number of hydrogen-bond acceptors (Lipinski definition) is 17. The smallest absolute Gasteiger partial charge is 0.394 e. The molecular weight excluding hydrogens is 580 g/mol. The van der Waals surface area contributed by atoms with Crippen molar-refractivity contribution in [1.82, 2.24) is 19.5 Å². The fourth-order valence-corrected chi connectivity index (χ4v) is 6.01. The van der Waals surface area contributed by atoms with E-state index in [4.69, 9.17) is 20.3 Å². The Hall–Kier alpha value is -1.91. The van der Waals surface area contributed by atoms with Gasteiger partial charge in [-0.15, -0.1) is 0 Å². The molecule has 0 saturated carbocycles. The van der Waals surface area contributed by atoms with Gasteiger partial charge in [-0.2, -0.15) is 9.29 Å². The summed E-state index contributed by atoms with van der Waals surface area (Å²) >= 11 is 0. The van der Waals surface area contributed by atoms with Crippen molar-refractivity contribution in [2.75, 3.05) is 18.9 Å². The molecule has 2 aliphatic heterocycles. The van der Waals surface area contributed by atoms with Crippen LogP contribution in [0.5, 0.6) is 0 Å². The summed E-state index contributed by atoms with van der Waals surface area (Å²) in [5.74, 6) is -0.278. The van der Waals surface area contributed by atoms with E-state index in [1.54, 1.807) is 0 Å². The third-order valence-electron chi connectivity index (χ3n) is 5.76. The zero-order valence-electron chi connectivity index (χ0n) is 19.3. The molecule has 39 heavy (non-hydrogen) atoms. The third kappa shape index (κ3) is 6.22. The van der Waals surface area contributed by atoms with E-state index in [0.29, 0.717) is 0 Å². The molecule has 2 unspecified atom stereocenters.